The van der Waals surface area contributed by atoms with Crippen molar-refractivity contribution in [1.29, 1.82) is 0 Å². The number of tetrazole rings is 1. The molecule has 3 heterocycles. The Morgan fingerprint density at radius 3 is 2.60 bits per heavy atom. The summed E-state index contributed by atoms with van der Waals surface area (Å²) in [7, 11) is 0. The third-order valence-corrected chi connectivity index (χ3v) is 6.29. The maximum absolute atomic E-state index is 13.5. The summed E-state index contributed by atoms with van der Waals surface area (Å²) in [6.07, 6.45) is 5.36. The smallest absolute Gasteiger partial charge is 0.292 e. The highest BCUT2D eigenvalue weighted by Crippen LogP contribution is 2.28. The minimum absolute atomic E-state index is 0.0962. The van der Waals surface area contributed by atoms with E-state index in [1.807, 2.05) is 72.3 Å². The number of hydrogen-bond acceptors (Lipinski definition) is 5. The van der Waals surface area contributed by atoms with Crippen molar-refractivity contribution < 1.29 is 0 Å². The van der Waals surface area contributed by atoms with E-state index in [1.54, 1.807) is 10.8 Å². The molecule has 0 bridgehead atoms. The predicted molar refractivity (Wildman–Crippen MR) is 136 cm³/mol. The second-order valence-electron chi connectivity index (χ2n) is 8.36. The van der Waals surface area contributed by atoms with E-state index in [-0.39, 0.29) is 5.69 Å². The molecule has 0 atom stereocenters. The number of aryl methyl sites for hydroxylation is 2. The fourth-order valence-electron chi connectivity index (χ4n) is 4.30. The van der Waals surface area contributed by atoms with Crippen LogP contribution in [0, 0.1) is 6.92 Å². The number of imidazole rings is 1. The predicted octanol–water partition coefficient (Wildman–Crippen LogP) is 4.84. The molecule has 0 saturated heterocycles. The van der Waals surface area contributed by atoms with Gasteiger partial charge in [0.2, 0.25) is 0 Å². The van der Waals surface area contributed by atoms with Crippen LogP contribution in [0.3, 0.4) is 0 Å². The highest BCUT2D eigenvalue weighted by molar-refractivity contribution is 6.32. The number of rotatable bonds is 7. The van der Waals surface area contributed by atoms with Gasteiger partial charge in [-0.25, -0.2) is 9.89 Å². The molecule has 0 spiro atoms. The van der Waals surface area contributed by atoms with Crippen molar-refractivity contribution in [2.45, 2.75) is 33.2 Å². The van der Waals surface area contributed by atoms with E-state index in [1.165, 1.54) is 0 Å². The standard InChI is InChI=1S/C26H24ClN7O/c1-3-6-20-16-34(24-17(2)7-4-9-22(24)27)26(35)33(20)15-18-10-12-19(13-11-18)21-8-5-14-28-23(21)25-29-31-32-30-25/h4-5,7-14,16H,3,6,15H2,1-2H3,(H,29,30,31,32). The summed E-state index contributed by atoms with van der Waals surface area (Å²) in [4.78, 5) is 17.9. The van der Waals surface area contributed by atoms with Crippen LogP contribution in [0.25, 0.3) is 28.3 Å². The van der Waals surface area contributed by atoms with Crippen LogP contribution < -0.4 is 5.69 Å². The van der Waals surface area contributed by atoms with Crippen LogP contribution in [0.2, 0.25) is 5.02 Å². The molecule has 0 saturated carbocycles. The number of H-pyrrole nitrogens is 1. The van der Waals surface area contributed by atoms with Crippen molar-refractivity contribution >= 4 is 11.6 Å². The van der Waals surface area contributed by atoms with Gasteiger partial charge < -0.3 is 0 Å². The molecule has 5 rings (SSSR count). The van der Waals surface area contributed by atoms with Crippen LogP contribution in [-0.4, -0.2) is 34.7 Å². The van der Waals surface area contributed by atoms with Crippen LogP contribution in [0.15, 0.2) is 71.8 Å². The lowest BCUT2D eigenvalue weighted by molar-refractivity contribution is 0.691. The molecule has 9 heteroatoms. The van der Waals surface area contributed by atoms with Gasteiger partial charge in [0.05, 0.1) is 17.3 Å². The number of nitrogens with zero attached hydrogens (tertiary/aromatic N) is 6. The van der Waals surface area contributed by atoms with Crippen LogP contribution >= 0.6 is 11.6 Å². The average Bonchev–Trinajstić information content (AvgIpc) is 3.50. The molecule has 0 amide bonds. The van der Waals surface area contributed by atoms with Crippen LogP contribution in [0.1, 0.15) is 30.2 Å². The van der Waals surface area contributed by atoms with Crippen LogP contribution in [0.5, 0.6) is 0 Å². The molecule has 0 aliphatic heterocycles. The van der Waals surface area contributed by atoms with Gasteiger partial charge in [0.25, 0.3) is 0 Å². The average molecular weight is 486 g/mol. The third kappa shape index (κ3) is 4.40. The quantitative estimate of drug-likeness (QED) is 0.356. The molecule has 0 fully saturated rings. The summed E-state index contributed by atoms with van der Waals surface area (Å²) in [6.45, 7) is 4.54. The summed E-state index contributed by atoms with van der Waals surface area (Å²) in [5, 5.41) is 14.6. The maximum atomic E-state index is 13.5. The molecule has 2 aromatic carbocycles. The van der Waals surface area contributed by atoms with Gasteiger partial charge in [-0.2, -0.15) is 0 Å². The summed E-state index contributed by atoms with van der Waals surface area (Å²) in [5.74, 6) is 0.511. The Labute approximate surface area is 207 Å². The normalized spacial score (nSPS) is 11.2. The number of nitrogens with one attached hydrogen (secondary N) is 1. The van der Waals surface area contributed by atoms with Crippen molar-refractivity contribution in [2.24, 2.45) is 0 Å². The minimum atomic E-state index is -0.0962. The highest BCUT2D eigenvalue weighted by Gasteiger charge is 2.17. The molecule has 8 nitrogen and oxygen atoms in total. The first-order chi connectivity index (χ1) is 17.1. The molecule has 0 unspecified atom stereocenters. The molecule has 0 radical (unpaired) electrons. The van der Waals surface area contributed by atoms with Crippen molar-refractivity contribution in [2.75, 3.05) is 0 Å². The Hall–Kier alpha value is -4.04. The lowest BCUT2D eigenvalue weighted by atomic mass is 10.0. The third-order valence-electron chi connectivity index (χ3n) is 5.98. The first-order valence-electron chi connectivity index (χ1n) is 11.4. The zero-order valence-electron chi connectivity index (χ0n) is 19.4. The van der Waals surface area contributed by atoms with Gasteiger partial charge >= 0.3 is 5.69 Å². The number of aromatic amines is 1. The minimum Gasteiger partial charge on any atom is -0.292 e. The van der Waals surface area contributed by atoms with E-state index in [2.05, 4.69) is 32.5 Å². The Kier molecular flexibility index (Phi) is 6.29. The second kappa shape index (κ2) is 9.68. The zero-order chi connectivity index (χ0) is 24.4. The Morgan fingerprint density at radius 1 is 1.06 bits per heavy atom. The van der Waals surface area contributed by atoms with E-state index >= 15 is 0 Å². The largest absolute Gasteiger partial charge is 0.333 e. The van der Waals surface area contributed by atoms with E-state index in [4.69, 9.17) is 11.6 Å². The molecule has 0 aliphatic carbocycles. The summed E-state index contributed by atoms with van der Waals surface area (Å²) >= 11 is 6.47. The lowest BCUT2D eigenvalue weighted by Crippen LogP contribution is -2.25. The Bertz CT molecular complexity index is 1500. The van der Waals surface area contributed by atoms with Gasteiger partial charge in [0.1, 0.15) is 5.69 Å². The summed E-state index contributed by atoms with van der Waals surface area (Å²) in [5.41, 5.74) is 6.18. The van der Waals surface area contributed by atoms with Crippen LogP contribution in [0.4, 0.5) is 0 Å². The molecule has 5 aromatic rings. The number of benzene rings is 2. The fourth-order valence-corrected chi connectivity index (χ4v) is 4.61. The van der Waals surface area contributed by atoms with Crippen LogP contribution in [-0.2, 0) is 13.0 Å². The van der Waals surface area contributed by atoms with Gasteiger partial charge in [0.15, 0.2) is 5.82 Å². The van der Waals surface area contributed by atoms with Crippen molar-refractivity contribution in [3.05, 3.63) is 99.3 Å². The monoisotopic (exact) mass is 485 g/mol. The molecular weight excluding hydrogens is 462 g/mol. The maximum Gasteiger partial charge on any atom is 0.333 e. The van der Waals surface area contributed by atoms with Gasteiger partial charge in [-0.3, -0.25) is 14.1 Å². The summed E-state index contributed by atoms with van der Waals surface area (Å²) in [6, 6.07) is 17.7. The number of hydrogen-bond donors (Lipinski definition) is 1. The van der Waals surface area contributed by atoms with Crippen molar-refractivity contribution in [3.8, 4) is 28.3 Å². The van der Waals surface area contributed by atoms with E-state index < -0.39 is 0 Å². The van der Waals surface area contributed by atoms with Gasteiger partial charge in [-0.1, -0.05) is 67.4 Å². The SMILES string of the molecule is CCCc1cn(-c2c(C)cccc2Cl)c(=O)n1Cc1ccc(-c2cccnc2-c2nnn[nH]2)cc1. The Morgan fingerprint density at radius 2 is 1.89 bits per heavy atom. The first-order valence-corrected chi connectivity index (χ1v) is 11.8. The Balaban J connectivity index is 1.49. The van der Waals surface area contributed by atoms with Crippen molar-refractivity contribution in [1.82, 2.24) is 34.7 Å². The van der Waals surface area contributed by atoms with E-state index in [0.29, 0.717) is 23.1 Å². The highest BCUT2D eigenvalue weighted by atomic mass is 35.5. The number of halogens is 1. The zero-order valence-corrected chi connectivity index (χ0v) is 20.2. The molecule has 3 aromatic heterocycles. The number of pyridine rings is 1. The van der Waals surface area contributed by atoms with Gasteiger partial charge in [-0.05, 0) is 52.6 Å². The van der Waals surface area contributed by atoms with E-state index in [0.717, 1.165) is 46.5 Å². The molecule has 35 heavy (non-hydrogen) atoms. The number of para-hydroxylation sites is 1. The lowest BCUT2D eigenvalue weighted by Gasteiger charge is -2.10. The van der Waals surface area contributed by atoms with Gasteiger partial charge in [0, 0.05) is 23.7 Å². The molecule has 1 N–H and O–H groups in total. The molecular formula is C26H24ClN7O. The molecule has 0 aliphatic rings. The van der Waals surface area contributed by atoms with Gasteiger partial charge in [-0.15, -0.1) is 5.10 Å². The molecule has 176 valence electrons. The first kappa shape index (κ1) is 22.7. The second-order valence-corrected chi connectivity index (χ2v) is 8.77. The van der Waals surface area contributed by atoms with E-state index in [9.17, 15) is 4.79 Å². The summed E-state index contributed by atoms with van der Waals surface area (Å²) < 4.78 is 3.50. The van der Waals surface area contributed by atoms with Crippen molar-refractivity contribution in [3.63, 3.8) is 0 Å². The number of aromatic nitrogens is 7. The fraction of sp³-hybridized carbons (Fsp3) is 0.192. The topological polar surface area (TPSA) is 94.3 Å².